The van der Waals surface area contributed by atoms with Crippen LogP contribution in [0, 0.1) is 0 Å². The molecule has 0 radical (unpaired) electrons. The number of unbranched alkanes of at least 4 members (excludes halogenated alkanes) is 28. The number of esters is 2. The second-order valence-corrected chi connectivity index (χ2v) is 17.6. The fourth-order valence-corrected chi connectivity index (χ4v) is 7.11. The smallest absolute Gasteiger partial charge is 0.322 e. The van der Waals surface area contributed by atoms with Crippen LogP contribution in [0.25, 0.3) is 0 Å². The Morgan fingerprint density at radius 3 is 1.07 bits per heavy atom. The summed E-state index contributed by atoms with van der Waals surface area (Å²) in [5.41, 5.74) is 0. The Morgan fingerprint density at radius 2 is 0.767 bits per heavy atom. The molecule has 0 aromatic heterocycles. The molecular weight excluding hydrogens is 761 g/mol. The predicted octanol–water partition coefficient (Wildman–Crippen LogP) is 12.4. The molecule has 11 heteroatoms. The molecule has 1 heterocycles. The Labute approximate surface area is 368 Å². The molecule has 0 saturated carbocycles. The number of ether oxygens (including phenoxy) is 3. The van der Waals surface area contributed by atoms with E-state index < -0.39 is 18.2 Å². The van der Waals surface area contributed by atoms with Gasteiger partial charge in [0.15, 0.2) is 0 Å². The summed E-state index contributed by atoms with van der Waals surface area (Å²) in [6.45, 7) is 5.21. The van der Waals surface area contributed by atoms with E-state index in [0.29, 0.717) is 19.3 Å². The van der Waals surface area contributed by atoms with Gasteiger partial charge >= 0.3 is 23.9 Å². The maximum absolute atomic E-state index is 11.5. The molecule has 0 aromatic carbocycles. The van der Waals surface area contributed by atoms with E-state index >= 15 is 0 Å². The normalized spacial score (nSPS) is 14.7. The van der Waals surface area contributed by atoms with Gasteiger partial charge in [-0.2, -0.15) is 0 Å². The highest BCUT2D eigenvalue weighted by molar-refractivity contribution is 5.72. The Balaban J connectivity index is 0. The Morgan fingerprint density at radius 1 is 0.467 bits per heavy atom. The lowest BCUT2D eigenvalue weighted by atomic mass is 10.0. The number of carboxylic acid groups (broad SMARTS) is 2. The summed E-state index contributed by atoms with van der Waals surface area (Å²) in [5.74, 6) is -1.91. The monoisotopic (exact) mass is 857 g/mol. The molecule has 356 valence electrons. The van der Waals surface area contributed by atoms with Crippen LogP contribution in [-0.4, -0.2) is 104 Å². The van der Waals surface area contributed by atoms with Crippen LogP contribution in [0.15, 0.2) is 0 Å². The highest BCUT2D eigenvalue weighted by Crippen LogP contribution is 2.21. The van der Waals surface area contributed by atoms with Crippen LogP contribution >= 0.6 is 0 Å². The number of carboxylic acids is 2. The number of carbonyl (C=O) groups excluding carboxylic acids is 2. The van der Waals surface area contributed by atoms with Crippen molar-refractivity contribution in [2.75, 3.05) is 47.9 Å². The average Bonchev–Trinajstić information content (AvgIpc) is 3.63. The van der Waals surface area contributed by atoms with Crippen molar-refractivity contribution in [1.29, 1.82) is 0 Å². The molecular formula is C49H96N2O9. The van der Waals surface area contributed by atoms with Crippen LogP contribution < -0.4 is 0 Å². The van der Waals surface area contributed by atoms with Gasteiger partial charge in [-0.15, -0.1) is 0 Å². The van der Waals surface area contributed by atoms with E-state index in [0.717, 1.165) is 32.1 Å². The van der Waals surface area contributed by atoms with Gasteiger partial charge in [-0.25, -0.2) is 0 Å². The van der Waals surface area contributed by atoms with Gasteiger partial charge < -0.3 is 24.4 Å². The second-order valence-electron chi connectivity index (χ2n) is 17.6. The van der Waals surface area contributed by atoms with Gasteiger partial charge in [-0.3, -0.25) is 29.0 Å². The molecule has 0 bridgehead atoms. The summed E-state index contributed by atoms with van der Waals surface area (Å²) in [6.07, 6.45) is 41.0. The van der Waals surface area contributed by atoms with Crippen molar-refractivity contribution in [2.24, 2.45) is 0 Å². The highest BCUT2D eigenvalue weighted by atomic mass is 16.7. The molecule has 0 aliphatic carbocycles. The van der Waals surface area contributed by atoms with E-state index in [4.69, 9.17) is 24.4 Å². The third-order valence-corrected chi connectivity index (χ3v) is 10.6. The van der Waals surface area contributed by atoms with Crippen LogP contribution in [0.3, 0.4) is 0 Å². The number of rotatable bonds is 39. The van der Waals surface area contributed by atoms with Crippen LogP contribution in [-0.2, 0) is 33.4 Å². The summed E-state index contributed by atoms with van der Waals surface area (Å²) in [4.78, 5) is 47.0. The number of likely N-dealkylation sites (N-methyl/N-ethyl adjacent to an activating group) is 2. The third kappa shape index (κ3) is 50.1. The van der Waals surface area contributed by atoms with E-state index in [1.165, 1.54) is 167 Å². The maximum atomic E-state index is 11.5. The first-order valence-electron chi connectivity index (χ1n) is 24.6. The lowest BCUT2D eigenvalue weighted by Crippen LogP contribution is -2.29. The number of nitrogens with zero attached hydrogens (tertiary/aromatic N) is 2. The van der Waals surface area contributed by atoms with Gasteiger partial charge in [0.1, 0.15) is 6.61 Å². The van der Waals surface area contributed by atoms with Crippen molar-refractivity contribution in [1.82, 2.24) is 9.80 Å². The molecule has 0 spiro atoms. The number of aliphatic carboxylic acids is 2. The lowest BCUT2D eigenvalue weighted by molar-refractivity contribution is -0.180. The van der Waals surface area contributed by atoms with Crippen LogP contribution in [0.2, 0.25) is 0 Å². The molecule has 1 aliphatic rings. The molecule has 1 fully saturated rings. The summed E-state index contributed by atoms with van der Waals surface area (Å²) in [5, 5.41) is 17.0. The fourth-order valence-electron chi connectivity index (χ4n) is 7.11. The quantitative estimate of drug-likeness (QED) is 0.0450. The first-order chi connectivity index (χ1) is 28.9. The standard InChI is InChI=1S/2C18H36O2.C13H24N2O5/c2*1-2-3-4-5-6-7-8-9-10-11-12-13-14-15-16-17-18(19)20;1-14(2)7-11(16)18-9-10-5-6-13(19-10)20-12(17)8-15(3)4/h2*2-17H2,1H3,(H,19,20);10,13H,5-9H2,1-4H3/t;;10-,13-/m..0/s1. The molecule has 11 nitrogen and oxygen atoms in total. The molecule has 1 aliphatic heterocycles. The van der Waals surface area contributed by atoms with Gasteiger partial charge in [0.25, 0.3) is 0 Å². The van der Waals surface area contributed by atoms with E-state index in [9.17, 15) is 19.2 Å². The SMILES string of the molecule is CCCCCCCCCCCCCCCCCC(=O)O.CCCCCCCCCCCCCCCCCC(=O)O.CN(C)CC(=O)OC[C@@H]1CC[C@H](OC(=O)CN(C)C)O1. The molecule has 0 aromatic rings. The molecule has 0 unspecified atom stereocenters. The molecule has 60 heavy (non-hydrogen) atoms. The Kier molecular flexibility index (Phi) is 46.2. The third-order valence-electron chi connectivity index (χ3n) is 10.6. The van der Waals surface area contributed by atoms with E-state index in [1.54, 1.807) is 38.0 Å². The molecule has 1 rings (SSSR count). The highest BCUT2D eigenvalue weighted by Gasteiger charge is 2.29. The fraction of sp³-hybridized carbons (Fsp3) is 0.918. The van der Waals surface area contributed by atoms with Gasteiger partial charge in [-0.1, -0.05) is 194 Å². The maximum Gasteiger partial charge on any atom is 0.322 e. The first-order valence-corrected chi connectivity index (χ1v) is 24.6. The molecule has 2 N–H and O–H groups in total. The minimum atomic E-state index is -0.653. The van der Waals surface area contributed by atoms with Crippen LogP contribution in [0.1, 0.15) is 232 Å². The zero-order valence-electron chi connectivity index (χ0n) is 40.0. The van der Waals surface area contributed by atoms with E-state index in [1.807, 2.05) is 0 Å². The second kappa shape index (κ2) is 46.3. The predicted molar refractivity (Wildman–Crippen MR) is 246 cm³/mol. The zero-order chi connectivity index (χ0) is 44.9. The number of hydrogen-bond donors (Lipinski definition) is 2. The van der Waals surface area contributed by atoms with Gasteiger partial charge in [0.2, 0.25) is 6.29 Å². The van der Waals surface area contributed by atoms with Crippen LogP contribution in [0.5, 0.6) is 0 Å². The van der Waals surface area contributed by atoms with Crippen molar-refractivity contribution >= 4 is 23.9 Å². The zero-order valence-corrected chi connectivity index (χ0v) is 40.0. The minimum Gasteiger partial charge on any atom is -0.481 e. The average molecular weight is 857 g/mol. The largest absolute Gasteiger partial charge is 0.481 e. The first kappa shape index (κ1) is 59.9. The van der Waals surface area contributed by atoms with Gasteiger partial charge in [-0.05, 0) is 47.5 Å². The van der Waals surface area contributed by atoms with Crippen LogP contribution in [0.4, 0.5) is 0 Å². The molecule has 2 atom stereocenters. The number of hydrogen-bond acceptors (Lipinski definition) is 9. The topological polar surface area (TPSA) is 143 Å². The van der Waals surface area contributed by atoms with E-state index in [-0.39, 0.29) is 37.7 Å². The Hall–Kier alpha value is -2.24. The minimum absolute atomic E-state index is 0.196. The molecule has 0 amide bonds. The van der Waals surface area contributed by atoms with Crippen molar-refractivity contribution in [2.45, 2.75) is 245 Å². The van der Waals surface area contributed by atoms with Gasteiger partial charge in [0, 0.05) is 19.3 Å². The number of carbonyl (C=O) groups is 4. The summed E-state index contributed by atoms with van der Waals surface area (Å²) < 4.78 is 15.8. The summed E-state index contributed by atoms with van der Waals surface area (Å²) in [6, 6.07) is 0. The van der Waals surface area contributed by atoms with Crippen molar-refractivity contribution < 1.29 is 43.6 Å². The van der Waals surface area contributed by atoms with Crippen molar-refractivity contribution in [3.63, 3.8) is 0 Å². The van der Waals surface area contributed by atoms with Crippen molar-refractivity contribution in [3.8, 4) is 0 Å². The Bertz CT molecular complexity index is 934. The molecule has 1 saturated heterocycles. The van der Waals surface area contributed by atoms with Gasteiger partial charge in [0.05, 0.1) is 19.2 Å². The van der Waals surface area contributed by atoms with Crippen molar-refractivity contribution in [3.05, 3.63) is 0 Å². The van der Waals surface area contributed by atoms with E-state index in [2.05, 4.69) is 13.8 Å². The summed E-state index contributed by atoms with van der Waals surface area (Å²) in [7, 11) is 7.19. The lowest BCUT2D eigenvalue weighted by Gasteiger charge is -2.16. The summed E-state index contributed by atoms with van der Waals surface area (Å²) >= 11 is 0.